The molecule has 2 aromatic heterocycles. The smallest absolute Gasteiger partial charge is 0.417 e. The lowest BCUT2D eigenvalue weighted by molar-refractivity contribution is -0.137. The summed E-state index contributed by atoms with van der Waals surface area (Å²) in [6.07, 6.45) is -4.53. The minimum Gasteiger partial charge on any atom is -0.472 e. The molecule has 0 fully saturated rings. The van der Waals surface area contributed by atoms with Gasteiger partial charge in [0.1, 0.15) is 22.7 Å². The normalized spacial score (nSPS) is 13.2. The van der Waals surface area contributed by atoms with E-state index in [1.165, 1.54) is 0 Å². The third-order valence-corrected chi connectivity index (χ3v) is 4.37. The Hall–Kier alpha value is -2.88. The number of amides is 1. The molecule has 0 spiro atoms. The fraction of sp³-hybridized carbons (Fsp3) is 0.429. The summed E-state index contributed by atoms with van der Waals surface area (Å²) in [6, 6.07) is 3.89. The second-order valence-electron chi connectivity index (χ2n) is 7.65. The number of nitrogens with one attached hydrogen (secondary N) is 1. The number of aryl methyl sites for hydroxylation is 1. The van der Waals surface area contributed by atoms with Crippen molar-refractivity contribution >= 4 is 23.3 Å². The number of hydrogen-bond acceptors (Lipinski definition) is 5. The Balaban J connectivity index is 2.02. The summed E-state index contributed by atoms with van der Waals surface area (Å²) in [6.45, 7) is 7.98. The minimum absolute atomic E-state index is 0.0610. The molecule has 0 aromatic carbocycles. The highest BCUT2D eigenvalue weighted by atomic mass is 35.5. The molecule has 0 bridgehead atoms. The molecule has 1 amide bonds. The number of amidine groups is 1. The number of halogens is 4. The lowest BCUT2D eigenvalue weighted by atomic mass is 10.1. The van der Waals surface area contributed by atoms with E-state index in [-0.39, 0.29) is 23.3 Å². The van der Waals surface area contributed by atoms with Gasteiger partial charge >= 0.3 is 6.18 Å². The highest BCUT2D eigenvalue weighted by Gasteiger charge is 2.32. The summed E-state index contributed by atoms with van der Waals surface area (Å²) in [7, 11) is 0. The number of alkyl halides is 3. The van der Waals surface area contributed by atoms with E-state index in [4.69, 9.17) is 22.1 Å². The molecule has 0 saturated heterocycles. The molecular weight excluding hydrogens is 447 g/mol. The summed E-state index contributed by atoms with van der Waals surface area (Å²) in [4.78, 5) is 24.8. The van der Waals surface area contributed by atoms with Crippen LogP contribution in [-0.2, 0) is 6.18 Å². The van der Waals surface area contributed by atoms with Crippen LogP contribution in [0.4, 0.5) is 13.2 Å². The second-order valence-corrected chi connectivity index (χ2v) is 8.06. The molecular formula is C21H25ClF3N5O2. The third-order valence-electron chi connectivity index (χ3n) is 4.10. The average Bonchev–Trinajstić information content (AvgIpc) is 2.70. The van der Waals surface area contributed by atoms with Gasteiger partial charge in [0.2, 0.25) is 5.88 Å². The lowest BCUT2D eigenvalue weighted by Crippen LogP contribution is -2.34. The molecule has 32 heavy (non-hydrogen) atoms. The molecule has 0 aliphatic heterocycles. The molecule has 11 heteroatoms. The van der Waals surface area contributed by atoms with E-state index in [0.717, 1.165) is 6.07 Å². The molecule has 2 heterocycles. The van der Waals surface area contributed by atoms with Crippen LogP contribution < -0.4 is 15.8 Å². The Morgan fingerprint density at radius 2 is 1.97 bits per heavy atom. The maximum absolute atomic E-state index is 12.7. The van der Waals surface area contributed by atoms with Gasteiger partial charge in [-0.1, -0.05) is 25.4 Å². The van der Waals surface area contributed by atoms with Gasteiger partial charge < -0.3 is 15.8 Å². The lowest BCUT2D eigenvalue weighted by Gasteiger charge is -2.16. The zero-order valence-corrected chi connectivity index (χ0v) is 18.9. The number of nitrogens with two attached hydrogens (primary N) is 1. The first-order valence-electron chi connectivity index (χ1n) is 9.83. The van der Waals surface area contributed by atoms with Crippen molar-refractivity contribution in [2.45, 2.75) is 40.0 Å². The predicted molar refractivity (Wildman–Crippen MR) is 116 cm³/mol. The zero-order valence-electron chi connectivity index (χ0n) is 18.1. The van der Waals surface area contributed by atoms with Gasteiger partial charge in [-0.05, 0) is 38.0 Å². The van der Waals surface area contributed by atoms with Crippen LogP contribution in [0.25, 0.3) is 0 Å². The molecule has 0 aliphatic rings. The van der Waals surface area contributed by atoms with Crippen LogP contribution in [0.1, 0.15) is 48.1 Å². The second kappa shape index (κ2) is 10.6. The number of hydrogen-bond donors (Lipinski definition) is 2. The topological polar surface area (TPSA) is 102 Å². The summed E-state index contributed by atoms with van der Waals surface area (Å²) in [5.74, 6) is 0.0272. The van der Waals surface area contributed by atoms with Crippen LogP contribution in [0.15, 0.2) is 29.4 Å². The van der Waals surface area contributed by atoms with E-state index < -0.39 is 23.8 Å². The number of carbonyl (C=O) groups excluding carboxylic acids is 1. The summed E-state index contributed by atoms with van der Waals surface area (Å²) in [5.41, 5.74) is 6.35. The van der Waals surface area contributed by atoms with Crippen LogP contribution in [0.3, 0.4) is 0 Å². The van der Waals surface area contributed by atoms with Crippen molar-refractivity contribution in [1.82, 2.24) is 15.3 Å². The molecule has 0 aliphatic carbocycles. The minimum atomic E-state index is -4.56. The maximum Gasteiger partial charge on any atom is 0.417 e. The SMILES string of the molecule is Cc1cc(C(=O)NC[C@@H](C)Oc2ncc(C(F)(F)F)cc2Cl)cc(C(N)=NCC(C)C)n1. The van der Waals surface area contributed by atoms with Crippen LogP contribution in [0.2, 0.25) is 5.02 Å². The van der Waals surface area contributed by atoms with Gasteiger partial charge in [-0.3, -0.25) is 9.79 Å². The van der Waals surface area contributed by atoms with Crippen molar-refractivity contribution in [1.29, 1.82) is 0 Å². The molecule has 0 saturated carbocycles. The molecule has 174 valence electrons. The number of pyridine rings is 2. The van der Waals surface area contributed by atoms with Crippen molar-refractivity contribution < 1.29 is 22.7 Å². The Kier molecular flexibility index (Phi) is 8.43. The molecule has 3 N–H and O–H groups in total. The standard InChI is InChI=1S/C21H25ClF3N5O2/c1-11(2)8-27-18(26)17-6-14(5-12(3)30-17)19(31)28-9-13(4)32-20-16(22)7-15(10-29-20)21(23,24)25/h5-7,10-11,13H,8-9H2,1-4H3,(H2,26,27)(H,28,31)/t13-/m1/s1. The zero-order chi connectivity index (χ0) is 24.1. The molecule has 0 unspecified atom stereocenters. The Labute approximate surface area is 189 Å². The van der Waals surface area contributed by atoms with Crippen molar-refractivity contribution in [2.75, 3.05) is 13.1 Å². The number of nitrogens with zero attached hydrogens (tertiary/aromatic N) is 3. The van der Waals surface area contributed by atoms with Crippen molar-refractivity contribution in [3.05, 3.63) is 51.9 Å². The van der Waals surface area contributed by atoms with Crippen LogP contribution in [0, 0.1) is 12.8 Å². The number of aromatic nitrogens is 2. The van der Waals surface area contributed by atoms with Gasteiger partial charge in [0.05, 0.1) is 12.1 Å². The number of aliphatic imine (C=N–C) groups is 1. The molecule has 2 aromatic rings. The van der Waals surface area contributed by atoms with Crippen LogP contribution >= 0.6 is 11.6 Å². The highest BCUT2D eigenvalue weighted by Crippen LogP contribution is 2.33. The first kappa shape index (κ1) is 25.4. The van der Waals surface area contributed by atoms with E-state index in [0.29, 0.717) is 35.6 Å². The van der Waals surface area contributed by atoms with Crippen molar-refractivity contribution in [3.8, 4) is 5.88 Å². The highest BCUT2D eigenvalue weighted by molar-refractivity contribution is 6.31. The number of rotatable bonds is 8. The van der Waals surface area contributed by atoms with Gasteiger partial charge in [-0.15, -0.1) is 0 Å². The maximum atomic E-state index is 12.7. The average molecular weight is 472 g/mol. The quantitative estimate of drug-likeness (QED) is 0.447. The number of ether oxygens (including phenoxy) is 1. The van der Waals surface area contributed by atoms with Crippen molar-refractivity contribution in [3.63, 3.8) is 0 Å². The van der Waals surface area contributed by atoms with Gasteiger partial charge in [0.15, 0.2) is 0 Å². The summed E-state index contributed by atoms with van der Waals surface area (Å²) >= 11 is 5.84. The number of carbonyl (C=O) groups is 1. The molecule has 0 radical (unpaired) electrons. The fourth-order valence-electron chi connectivity index (χ4n) is 2.53. The van der Waals surface area contributed by atoms with Gasteiger partial charge in [0.25, 0.3) is 5.91 Å². The Morgan fingerprint density at radius 1 is 1.28 bits per heavy atom. The predicted octanol–water partition coefficient (Wildman–Crippen LogP) is 4.02. The fourth-order valence-corrected chi connectivity index (χ4v) is 2.74. The monoisotopic (exact) mass is 471 g/mol. The molecule has 2 rings (SSSR count). The largest absolute Gasteiger partial charge is 0.472 e. The van der Waals surface area contributed by atoms with Gasteiger partial charge in [-0.2, -0.15) is 13.2 Å². The van der Waals surface area contributed by atoms with Crippen LogP contribution in [0.5, 0.6) is 5.88 Å². The first-order valence-corrected chi connectivity index (χ1v) is 10.2. The Morgan fingerprint density at radius 3 is 2.56 bits per heavy atom. The van der Waals surface area contributed by atoms with Crippen molar-refractivity contribution in [2.24, 2.45) is 16.6 Å². The van der Waals surface area contributed by atoms with E-state index in [9.17, 15) is 18.0 Å². The molecule has 7 nitrogen and oxygen atoms in total. The van der Waals surface area contributed by atoms with E-state index >= 15 is 0 Å². The van der Waals surface area contributed by atoms with Gasteiger partial charge in [-0.25, -0.2) is 9.97 Å². The third kappa shape index (κ3) is 7.37. The van der Waals surface area contributed by atoms with E-state index in [1.54, 1.807) is 26.0 Å². The van der Waals surface area contributed by atoms with Gasteiger partial charge in [0, 0.05) is 24.0 Å². The van der Waals surface area contributed by atoms with Crippen LogP contribution in [-0.4, -0.2) is 40.9 Å². The summed E-state index contributed by atoms with van der Waals surface area (Å²) < 4.78 is 43.6. The first-order chi connectivity index (χ1) is 14.9. The Bertz CT molecular complexity index is 996. The summed E-state index contributed by atoms with van der Waals surface area (Å²) in [5, 5.41) is 2.42. The van der Waals surface area contributed by atoms with E-state index in [1.807, 2.05) is 13.8 Å². The van der Waals surface area contributed by atoms with E-state index in [2.05, 4.69) is 20.3 Å². The molecule has 1 atom stereocenters.